The molecule has 1 saturated heterocycles. The number of rotatable bonds is 4. The maximum Gasteiger partial charge on any atom is 0.218 e. The molecule has 2 aromatic heterocycles. The minimum Gasteiger partial charge on any atom is -0.473 e. The molecule has 0 unspecified atom stereocenters. The first-order valence-corrected chi connectivity index (χ1v) is 13.7. The first-order valence-electron chi connectivity index (χ1n) is 12.5. The zero-order chi connectivity index (χ0) is 25.6. The number of carbonyl (C=O) groups excluding carboxylic acids is 1. The number of halogens is 1. The molecule has 190 valence electrons. The van der Waals surface area contributed by atoms with E-state index in [-0.39, 0.29) is 28.6 Å². The Morgan fingerprint density at radius 1 is 1.33 bits per heavy atom. The summed E-state index contributed by atoms with van der Waals surface area (Å²) in [7, 11) is 2.10. The molecular formula is C26H31ClN6O2S. The number of nitriles is 1. The molecule has 5 rings (SSSR count). The van der Waals surface area contributed by atoms with Crippen LogP contribution < -0.4 is 16.2 Å². The van der Waals surface area contributed by atoms with Crippen LogP contribution in [0.1, 0.15) is 73.7 Å². The van der Waals surface area contributed by atoms with Gasteiger partial charge in [0.25, 0.3) is 0 Å². The third kappa shape index (κ3) is 4.15. The number of ketones is 1. The second kappa shape index (κ2) is 9.66. The number of carbonyl (C=O) groups is 1. The Labute approximate surface area is 220 Å². The van der Waals surface area contributed by atoms with Gasteiger partial charge in [0, 0.05) is 22.6 Å². The van der Waals surface area contributed by atoms with Gasteiger partial charge in [-0.05, 0) is 77.4 Å². The van der Waals surface area contributed by atoms with E-state index in [1.165, 1.54) is 11.3 Å². The van der Waals surface area contributed by atoms with Gasteiger partial charge in [0.15, 0.2) is 11.6 Å². The smallest absolute Gasteiger partial charge is 0.218 e. The minimum absolute atomic E-state index is 0.0477. The molecule has 0 amide bonds. The monoisotopic (exact) mass is 526 g/mol. The van der Waals surface area contributed by atoms with E-state index in [1.54, 1.807) is 6.07 Å². The van der Waals surface area contributed by atoms with Crippen molar-refractivity contribution in [3.8, 4) is 11.9 Å². The molecule has 0 bridgehead atoms. The zero-order valence-electron chi connectivity index (χ0n) is 20.6. The Morgan fingerprint density at radius 2 is 2.08 bits per heavy atom. The summed E-state index contributed by atoms with van der Waals surface area (Å²) in [4.78, 5) is 26.3. The number of ether oxygens (including phenoxy) is 1. The number of nitrogen functional groups attached to an aromatic ring is 1. The van der Waals surface area contributed by atoms with Crippen LogP contribution in [0.2, 0.25) is 5.15 Å². The van der Waals surface area contributed by atoms with Gasteiger partial charge in [-0.25, -0.2) is 4.98 Å². The van der Waals surface area contributed by atoms with Gasteiger partial charge in [0.1, 0.15) is 22.3 Å². The second-order valence-electron chi connectivity index (χ2n) is 10.1. The molecule has 1 spiro atoms. The maximum absolute atomic E-state index is 14.1. The number of likely N-dealkylation sites (tertiary alicyclic amines) is 1. The largest absolute Gasteiger partial charge is 0.473 e. The van der Waals surface area contributed by atoms with Crippen molar-refractivity contribution in [2.45, 2.75) is 75.9 Å². The molecule has 2 fully saturated rings. The van der Waals surface area contributed by atoms with Crippen LogP contribution in [0.5, 0.6) is 5.88 Å². The van der Waals surface area contributed by atoms with Crippen molar-refractivity contribution < 1.29 is 9.53 Å². The number of nitrogens with zero attached hydrogens (tertiary/aromatic N) is 4. The van der Waals surface area contributed by atoms with E-state index in [4.69, 9.17) is 27.8 Å². The summed E-state index contributed by atoms with van der Waals surface area (Å²) in [5.74, 6) is 0.497. The Bertz CT molecular complexity index is 1280. The minimum atomic E-state index is -0.773. The van der Waals surface area contributed by atoms with Crippen LogP contribution in [0.4, 0.5) is 5.00 Å². The van der Waals surface area contributed by atoms with Crippen LogP contribution in [-0.4, -0.2) is 46.4 Å². The Hall–Kier alpha value is -2.67. The molecule has 3 aliphatic rings. The van der Waals surface area contributed by atoms with Gasteiger partial charge in [0.2, 0.25) is 5.88 Å². The number of aromatic nitrogens is 2. The predicted octanol–water partition coefficient (Wildman–Crippen LogP) is 4.20. The lowest BCUT2D eigenvalue weighted by atomic mass is 9.61. The normalized spacial score (nSPS) is 26.5. The van der Waals surface area contributed by atoms with E-state index in [9.17, 15) is 10.1 Å². The van der Waals surface area contributed by atoms with Gasteiger partial charge in [-0.1, -0.05) is 11.6 Å². The van der Waals surface area contributed by atoms with Gasteiger partial charge in [-0.2, -0.15) is 10.2 Å². The molecule has 3 heterocycles. The molecule has 4 N–H and O–H groups in total. The number of anilines is 1. The highest BCUT2D eigenvalue weighted by Crippen LogP contribution is 2.52. The number of aryl methyl sites for hydroxylation is 1. The molecule has 0 aromatic carbocycles. The fourth-order valence-corrected chi connectivity index (χ4v) is 7.63. The lowest BCUT2D eigenvalue weighted by Gasteiger charge is -2.40. The highest BCUT2D eigenvalue weighted by molar-refractivity contribution is 7.16. The summed E-state index contributed by atoms with van der Waals surface area (Å²) < 4.78 is 6.15. The van der Waals surface area contributed by atoms with Gasteiger partial charge in [0.05, 0.1) is 16.7 Å². The maximum atomic E-state index is 14.1. The van der Waals surface area contributed by atoms with E-state index >= 15 is 0 Å². The standard InChI is InChI=1S/C26H31ClN6O2S/c1-14(17-7-5-11-33(17)2)35-20-12-19(27)31-25(32-20)22(29)15-6-3-9-26(23(15)34)10-4-8-18-21(26)16(13-28)24(30)36-18/h12,14,17H,3-11,29-30H2,1-2H3/t14-,17-,26-/m0/s1. The molecule has 10 heteroatoms. The average molecular weight is 527 g/mol. The van der Waals surface area contributed by atoms with Crippen molar-refractivity contribution >= 4 is 39.4 Å². The summed E-state index contributed by atoms with van der Waals surface area (Å²) in [6.07, 6.45) is 6.48. The molecule has 1 saturated carbocycles. The van der Waals surface area contributed by atoms with Crippen molar-refractivity contribution in [3.63, 3.8) is 0 Å². The van der Waals surface area contributed by atoms with E-state index in [0.717, 1.165) is 49.1 Å². The van der Waals surface area contributed by atoms with Crippen LogP contribution in [-0.2, 0) is 16.6 Å². The highest BCUT2D eigenvalue weighted by Gasteiger charge is 2.49. The van der Waals surface area contributed by atoms with Gasteiger partial charge >= 0.3 is 0 Å². The van der Waals surface area contributed by atoms with Crippen molar-refractivity contribution in [2.75, 3.05) is 19.3 Å². The van der Waals surface area contributed by atoms with E-state index in [0.29, 0.717) is 47.3 Å². The number of likely N-dealkylation sites (N-methyl/N-ethyl adjacent to an activating group) is 1. The Balaban J connectivity index is 1.50. The van der Waals surface area contributed by atoms with Crippen LogP contribution in [0.25, 0.3) is 5.70 Å². The fraction of sp³-hybridized carbons (Fsp3) is 0.538. The Kier molecular flexibility index (Phi) is 6.70. The van der Waals surface area contributed by atoms with Crippen LogP contribution >= 0.6 is 22.9 Å². The first kappa shape index (κ1) is 25.0. The highest BCUT2D eigenvalue weighted by atomic mass is 35.5. The third-order valence-electron chi connectivity index (χ3n) is 8.01. The van der Waals surface area contributed by atoms with E-state index < -0.39 is 5.41 Å². The summed E-state index contributed by atoms with van der Waals surface area (Å²) in [5.41, 5.74) is 14.0. The van der Waals surface area contributed by atoms with Crippen molar-refractivity contribution in [2.24, 2.45) is 5.73 Å². The zero-order valence-corrected chi connectivity index (χ0v) is 22.2. The predicted molar refractivity (Wildman–Crippen MR) is 141 cm³/mol. The lowest BCUT2D eigenvalue weighted by Crippen LogP contribution is -2.43. The number of allylic oxidation sites excluding steroid dienone is 1. The summed E-state index contributed by atoms with van der Waals surface area (Å²) in [5, 5.41) is 10.5. The van der Waals surface area contributed by atoms with Crippen LogP contribution in [0, 0.1) is 11.3 Å². The first-order chi connectivity index (χ1) is 17.2. The van der Waals surface area contributed by atoms with Crippen molar-refractivity contribution in [1.29, 1.82) is 5.26 Å². The van der Waals surface area contributed by atoms with E-state index in [1.807, 2.05) is 6.92 Å². The molecule has 1 aliphatic heterocycles. The topological polar surface area (TPSA) is 131 Å². The number of nitrogens with two attached hydrogens (primary N) is 2. The van der Waals surface area contributed by atoms with Crippen molar-refractivity contribution in [3.05, 3.63) is 38.6 Å². The molecule has 3 atom stereocenters. The Morgan fingerprint density at radius 3 is 2.78 bits per heavy atom. The van der Waals surface area contributed by atoms with Crippen LogP contribution in [0.15, 0.2) is 11.6 Å². The fourth-order valence-electron chi connectivity index (χ4n) is 6.29. The third-order valence-corrected chi connectivity index (χ3v) is 9.28. The van der Waals surface area contributed by atoms with E-state index in [2.05, 4.69) is 28.0 Å². The van der Waals surface area contributed by atoms with Gasteiger partial charge in [-0.15, -0.1) is 11.3 Å². The molecule has 2 aliphatic carbocycles. The molecule has 36 heavy (non-hydrogen) atoms. The molecule has 0 radical (unpaired) electrons. The number of hydrogen-bond donors (Lipinski definition) is 2. The average Bonchev–Trinajstić information content (AvgIpc) is 3.42. The van der Waals surface area contributed by atoms with Crippen molar-refractivity contribution in [1.82, 2.24) is 14.9 Å². The summed E-state index contributed by atoms with van der Waals surface area (Å²) >= 11 is 7.77. The van der Waals surface area contributed by atoms with Crippen LogP contribution in [0.3, 0.4) is 0 Å². The lowest BCUT2D eigenvalue weighted by molar-refractivity contribution is -0.122. The number of fused-ring (bicyclic) bond motifs is 2. The number of Topliss-reactive ketones (excluding diaryl/α,β-unsaturated/α-hetero) is 1. The van der Waals surface area contributed by atoms with Gasteiger partial charge in [-0.3, -0.25) is 9.69 Å². The van der Waals surface area contributed by atoms with Gasteiger partial charge < -0.3 is 16.2 Å². The summed E-state index contributed by atoms with van der Waals surface area (Å²) in [6.45, 7) is 3.07. The number of thiophene rings is 1. The number of hydrogen-bond acceptors (Lipinski definition) is 9. The summed E-state index contributed by atoms with van der Waals surface area (Å²) in [6, 6.07) is 4.13. The second-order valence-corrected chi connectivity index (χ2v) is 11.7. The quantitative estimate of drug-likeness (QED) is 0.447. The molecular weight excluding hydrogens is 496 g/mol. The molecule has 2 aromatic rings. The molecule has 8 nitrogen and oxygen atoms in total. The SMILES string of the molecule is C[C@H](Oc1cc(Cl)nc(C(N)=C2CCC[C@@]3(CCCc4sc(N)c(C#N)c43)C2=O)n1)[C@@H]1CCCN1C.